The van der Waals surface area contributed by atoms with Crippen LogP contribution in [-0.2, 0) is 0 Å². The Bertz CT molecular complexity index is 848. The van der Waals surface area contributed by atoms with Crippen molar-refractivity contribution in [2.45, 2.75) is 19.3 Å². The second-order valence-electron chi connectivity index (χ2n) is 6.01. The first-order valence-electron chi connectivity index (χ1n) is 8.33. The molecule has 0 saturated carbocycles. The van der Waals surface area contributed by atoms with Crippen LogP contribution in [-0.4, -0.2) is 31.1 Å². The lowest BCUT2D eigenvalue weighted by Crippen LogP contribution is -2.29. The Morgan fingerprint density at radius 1 is 1.16 bits per heavy atom. The molecule has 1 aliphatic rings. The summed E-state index contributed by atoms with van der Waals surface area (Å²) in [4.78, 5) is 20.5. The molecule has 0 aliphatic carbocycles. The van der Waals surface area contributed by atoms with Crippen LogP contribution in [0.2, 0.25) is 0 Å². The van der Waals surface area contributed by atoms with Gasteiger partial charge in [0, 0.05) is 18.7 Å². The molecule has 3 heterocycles. The first-order valence-corrected chi connectivity index (χ1v) is 9.97. The van der Waals surface area contributed by atoms with Crippen LogP contribution in [0, 0.1) is 0 Å². The number of nitrogens with zero attached hydrogens (tertiary/aromatic N) is 2. The summed E-state index contributed by atoms with van der Waals surface area (Å²) in [6.45, 7) is 2.20. The first-order chi connectivity index (χ1) is 12.2. The summed E-state index contributed by atoms with van der Waals surface area (Å²) in [5.41, 5.74) is 0.611. The summed E-state index contributed by atoms with van der Waals surface area (Å²) < 4.78 is 6.25. The third-order valence-corrected chi connectivity index (χ3v) is 6.43. The Morgan fingerprint density at radius 2 is 1.92 bits per heavy atom. The molecule has 1 aliphatic heterocycles. The molecule has 130 valence electrons. The van der Waals surface area contributed by atoms with Crippen LogP contribution in [0.5, 0.6) is 5.75 Å². The van der Waals surface area contributed by atoms with Crippen LogP contribution >= 0.6 is 22.7 Å². The number of aromatic nitrogens is 1. The molecule has 2 aromatic heterocycles. The molecule has 0 radical (unpaired) electrons. The van der Waals surface area contributed by atoms with Gasteiger partial charge in [-0.3, -0.25) is 4.79 Å². The standard InChI is InChI=1S/C18H19N3O2S2/c1-23-13-7-5-12(6-8-13)16(22)19-15-11-14-17(25-15)20-18(24-14)21-9-3-2-4-10-21/h5-8,11H,2-4,9-10H2,1H3,(H,19,22). The van der Waals surface area contributed by atoms with Gasteiger partial charge in [0.15, 0.2) is 5.13 Å². The molecule has 1 N–H and O–H groups in total. The zero-order chi connectivity index (χ0) is 17.2. The summed E-state index contributed by atoms with van der Waals surface area (Å²) in [6.07, 6.45) is 3.81. The molecule has 5 nitrogen and oxygen atoms in total. The van der Waals surface area contributed by atoms with E-state index in [9.17, 15) is 4.79 Å². The predicted octanol–water partition coefficient (Wildman–Crippen LogP) is 4.61. The maximum atomic E-state index is 12.4. The fraction of sp³-hybridized carbons (Fsp3) is 0.333. The van der Waals surface area contributed by atoms with Crippen molar-refractivity contribution >= 4 is 48.2 Å². The minimum atomic E-state index is -0.118. The van der Waals surface area contributed by atoms with E-state index in [0.717, 1.165) is 38.5 Å². The van der Waals surface area contributed by atoms with Gasteiger partial charge in [-0.1, -0.05) is 22.7 Å². The lowest BCUT2D eigenvalue weighted by molar-refractivity contribution is 0.102. The van der Waals surface area contributed by atoms with Gasteiger partial charge >= 0.3 is 0 Å². The highest BCUT2D eigenvalue weighted by Crippen LogP contribution is 2.37. The monoisotopic (exact) mass is 373 g/mol. The van der Waals surface area contributed by atoms with Gasteiger partial charge < -0.3 is 15.0 Å². The Balaban J connectivity index is 1.47. The molecule has 4 rings (SSSR count). The largest absolute Gasteiger partial charge is 0.497 e. The zero-order valence-electron chi connectivity index (χ0n) is 13.9. The van der Waals surface area contributed by atoms with Gasteiger partial charge in [0.2, 0.25) is 0 Å². The average molecular weight is 374 g/mol. The van der Waals surface area contributed by atoms with Crippen LogP contribution < -0.4 is 15.0 Å². The number of rotatable bonds is 4. The van der Waals surface area contributed by atoms with Crippen molar-refractivity contribution in [1.29, 1.82) is 0 Å². The molecule has 0 spiro atoms. The van der Waals surface area contributed by atoms with Gasteiger partial charge in [0.1, 0.15) is 10.6 Å². The lowest BCUT2D eigenvalue weighted by Gasteiger charge is -2.25. The van der Waals surface area contributed by atoms with E-state index in [2.05, 4.69) is 10.2 Å². The molecular formula is C18H19N3O2S2. The molecule has 0 unspecified atom stereocenters. The minimum absolute atomic E-state index is 0.118. The Kier molecular flexibility index (Phi) is 4.59. The number of fused-ring (bicyclic) bond motifs is 1. The Morgan fingerprint density at radius 3 is 2.60 bits per heavy atom. The highest BCUT2D eigenvalue weighted by atomic mass is 32.1. The normalized spacial score (nSPS) is 14.7. The number of nitrogens with one attached hydrogen (secondary N) is 1. The number of hydrogen-bond acceptors (Lipinski definition) is 6. The van der Waals surface area contributed by atoms with Crippen LogP contribution in [0.15, 0.2) is 30.3 Å². The summed E-state index contributed by atoms with van der Waals surface area (Å²) in [7, 11) is 1.61. The highest BCUT2D eigenvalue weighted by molar-refractivity contribution is 7.30. The van der Waals surface area contributed by atoms with Crippen LogP contribution in [0.25, 0.3) is 9.53 Å². The highest BCUT2D eigenvalue weighted by Gasteiger charge is 2.17. The number of piperidine rings is 1. The van der Waals surface area contributed by atoms with Crippen molar-refractivity contribution in [2.24, 2.45) is 0 Å². The van der Waals surface area contributed by atoms with E-state index in [0.29, 0.717) is 5.56 Å². The topological polar surface area (TPSA) is 54.5 Å². The van der Waals surface area contributed by atoms with Crippen molar-refractivity contribution in [3.8, 4) is 5.75 Å². The van der Waals surface area contributed by atoms with E-state index in [1.165, 1.54) is 30.6 Å². The quantitative estimate of drug-likeness (QED) is 0.726. The van der Waals surface area contributed by atoms with Gasteiger partial charge in [-0.25, -0.2) is 4.98 Å². The van der Waals surface area contributed by atoms with Gasteiger partial charge in [-0.15, -0.1) is 0 Å². The predicted molar refractivity (Wildman–Crippen MR) is 105 cm³/mol. The summed E-state index contributed by atoms with van der Waals surface area (Å²) in [5.74, 6) is 0.621. The van der Waals surface area contributed by atoms with Crippen molar-refractivity contribution in [1.82, 2.24) is 4.98 Å². The van der Waals surface area contributed by atoms with Crippen LogP contribution in [0.3, 0.4) is 0 Å². The Labute approximate surface area is 154 Å². The molecule has 1 fully saturated rings. The van der Waals surface area contributed by atoms with Gasteiger partial charge in [0.25, 0.3) is 5.91 Å². The number of amides is 1. The fourth-order valence-corrected chi connectivity index (χ4v) is 5.09. The third-order valence-electron chi connectivity index (χ3n) is 4.29. The van der Waals surface area contributed by atoms with E-state index in [1.807, 2.05) is 6.07 Å². The molecular weight excluding hydrogens is 354 g/mol. The van der Waals surface area contributed by atoms with Gasteiger partial charge in [-0.05, 0) is 49.6 Å². The number of hydrogen-bond donors (Lipinski definition) is 1. The number of carbonyl (C=O) groups is 1. The van der Waals surface area contributed by atoms with Crippen molar-refractivity contribution in [2.75, 3.05) is 30.4 Å². The molecule has 25 heavy (non-hydrogen) atoms. The van der Waals surface area contributed by atoms with Crippen molar-refractivity contribution < 1.29 is 9.53 Å². The van der Waals surface area contributed by atoms with Gasteiger partial charge in [-0.2, -0.15) is 0 Å². The third kappa shape index (κ3) is 3.48. The SMILES string of the molecule is COc1ccc(C(=O)Nc2cc3sc(N4CCCCC4)nc3s2)cc1. The van der Waals surface area contributed by atoms with Gasteiger partial charge in [0.05, 0.1) is 16.8 Å². The molecule has 1 saturated heterocycles. The van der Waals surface area contributed by atoms with Crippen LogP contribution in [0.1, 0.15) is 29.6 Å². The minimum Gasteiger partial charge on any atom is -0.497 e. The molecule has 1 amide bonds. The molecule has 3 aromatic rings. The lowest BCUT2D eigenvalue weighted by atomic mass is 10.1. The average Bonchev–Trinajstić information content (AvgIpc) is 3.21. The van der Waals surface area contributed by atoms with Crippen molar-refractivity contribution in [3.05, 3.63) is 35.9 Å². The number of ether oxygens (including phenoxy) is 1. The van der Waals surface area contributed by atoms with E-state index in [-0.39, 0.29) is 5.91 Å². The molecule has 1 aromatic carbocycles. The number of anilines is 2. The summed E-state index contributed by atoms with van der Waals surface area (Å²) >= 11 is 3.24. The molecule has 7 heteroatoms. The second-order valence-corrected chi connectivity index (χ2v) is 8.05. The van der Waals surface area contributed by atoms with E-state index in [4.69, 9.17) is 9.72 Å². The summed E-state index contributed by atoms with van der Waals surface area (Å²) in [5, 5.41) is 4.90. The number of methoxy groups -OCH3 is 1. The van der Waals surface area contributed by atoms with E-state index < -0.39 is 0 Å². The number of carbonyl (C=O) groups excluding carboxylic acids is 1. The fourth-order valence-electron chi connectivity index (χ4n) is 2.93. The Hall–Kier alpha value is -2.12. The van der Waals surface area contributed by atoms with E-state index >= 15 is 0 Å². The smallest absolute Gasteiger partial charge is 0.256 e. The maximum Gasteiger partial charge on any atom is 0.256 e. The zero-order valence-corrected chi connectivity index (χ0v) is 15.6. The first kappa shape index (κ1) is 16.4. The van der Waals surface area contributed by atoms with Crippen LogP contribution in [0.4, 0.5) is 10.1 Å². The number of thiophene rings is 1. The second kappa shape index (κ2) is 7.01. The summed E-state index contributed by atoms with van der Waals surface area (Å²) in [6, 6.07) is 9.11. The number of thiazole rings is 1. The maximum absolute atomic E-state index is 12.4. The van der Waals surface area contributed by atoms with E-state index in [1.54, 1.807) is 42.7 Å². The molecule has 0 atom stereocenters. The number of benzene rings is 1. The van der Waals surface area contributed by atoms with Crippen molar-refractivity contribution in [3.63, 3.8) is 0 Å². The molecule has 0 bridgehead atoms.